The van der Waals surface area contributed by atoms with Crippen LogP contribution in [-0.2, 0) is 31.1 Å². The fourth-order valence-electron chi connectivity index (χ4n) is 4.97. The number of ketones is 1. The molecule has 0 saturated heterocycles. The summed E-state index contributed by atoms with van der Waals surface area (Å²) in [4.78, 5) is 16.6. The molecule has 1 N–H and O–H groups in total. The van der Waals surface area contributed by atoms with Crippen LogP contribution in [0.2, 0.25) is 0 Å². The van der Waals surface area contributed by atoms with Gasteiger partial charge in [0.05, 0.1) is 5.56 Å². The Morgan fingerprint density at radius 1 is 0.886 bits per heavy atom. The number of carbonyl (C=O) groups excluding carboxylic acids is 1. The Morgan fingerprint density at radius 2 is 1.52 bits per heavy atom. The Hall–Kier alpha value is -3.02. The number of pyridine rings is 1. The molecule has 1 aromatic heterocycles. The van der Waals surface area contributed by atoms with E-state index in [1.807, 2.05) is 79.7 Å². The zero-order valence-corrected chi connectivity index (χ0v) is 29.5. The summed E-state index contributed by atoms with van der Waals surface area (Å²) in [6.07, 6.45) is 1.12. The fraction of sp³-hybridized carbons (Fsp3) is 0.405. The minimum Gasteiger partial charge on any atom is -0.512 e. The van der Waals surface area contributed by atoms with Gasteiger partial charge in [0.2, 0.25) is 0 Å². The molecule has 1 heterocycles. The first-order valence-corrected chi connectivity index (χ1v) is 14.8. The third-order valence-electron chi connectivity index (χ3n) is 8.82. The summed E-state index contributed by atoms with van der Waals surface area (Å²) >= 11 is 0. The first kappa shape index (κ1) is 37.2. The summed E-state index contributed by atoms with van der Waals surface area (Å²) < 4.78 is 40.2. The van der Waals surface area contributed by atoms with Crippen LogP contribution in [0.4, 0.5) is 13.2 Å². The molecule has 0 unspecified atom stereocenters. The summed E-state index contributed by atoms with van der Waals surface area (Å²) in [6, 6.07) is 15.7. The van der Waals surface area contributed by atoms with Crippen molar-refractivity contribution in [2.75, 3.05) is 0 Å². The maximum Gasteiger partial charge on any atom is 0.416 e. The summed E-state index contributed by atoms with van der Waals surface area (Å²) in [5.74, 6) is 0.240. The van der Waals surface area contributed by atoms with E-state index in [9.17, 15) is 23.1 Å². The van der Waals surface area contributed by atoms with Crippen LogP contribution in [0.1, 0.15) is 83.1 Å². The quantitative estimate of drug-likeness (QED) is 0.0879. The predicted octanol–water partition coefficient (Wildman–Crippen LogP) is 11.1. The van der Waals surface area contributed by atoms with Crippen LogP contribution >= 0.6 is 0 Å². The summed E-state index contributed by atoms with van der Waals surface area (Å²) in [7, 11) is 0. The van der Waals surface area contributed by atoms with Crippen molar-refractivity contribution < 1.29 is 43.2 Å². The number of hydrogen-bond donors (Lipinski definition) is 1. The van der Waals surface area contributed by atoms with Gasteiger partial charge in [-0.3, -0.25) is 4.79 Å². The Kier molecular flexibility index (Phi) is 12.2. The number of alkyl halides is 3. The standard InChI is InChI=1S/C23H17F3N.C14H26O2.Ir/c1-13-8-14(2)10-17(9-13)22-19-5-4-16-11-15(3)21(23(24,25)26)12-20(16)18(19)6-7-27-22;1-7-13(4,5)11(15)10-12(16)14(6,8-2)9-3;/h4-9,11-12H,1-3H3;10,15H,7-9H2,1-6H3;/q-1;;/b;11-10-;. The number of rotatable bonds is 7. The molecule has 0 fully saturated rings. The summed E-state index contributed by atoms with van der Waals surface area (Å²) in [5.41, 5.74) is 2.66. The normalized spacial score (nSPS) is 12.5. The van der Waals surface area contributed by atoms with Crippen molar-refractivity contribution in [2.45, 2.75) is 87.8 Å². The predicted molar refractivity (Wildman–Crippen MR) is 171 cm³/mol. The van der Waals surface area contributed by atoms with Gasteiger partial charge in [0.15, 0.2) is 5.78 Å². The maximum atomic E-state index is 13.4. The van der Waals surface area contributed by atoms with Gasteiger partial charge in [-0.1, -0.05) is 73.6 Å². The van der Waals surface area contributed by atoms with E-state index in [0.29, 0.717) is 5.39 Å². The van der Waals surface area contributed by atoms with Crippen molar-refractivity contribution in [3.05, 3.63) is 88.8 Å². The second-order valence-electron chi connectivity index (χ2n) is 12.4. The minimum atomic E-state index is -4.38. The van der Waals surface area contributed by atoms with Crippen molar-refractivity contribution in [3.63, 3.8) is 0 Å². The molecule has 0 aliphatic heterocycles. The maximum absolute atomic E-state index is 13.4. The number of fused-ring (bicyclic) bond motifs is 3. The molecule has 0 amide bonds. The molecular formula is C37H43F3IrNO2-. The number of aliphatic hydroxyl groups is 1. The summed E-state index contributed by atoms with van der Waals surface area (Å²) in [5, 5.41) is 12.9. The van der Waals surface area contributed by atoms with Crippen molar-refractivity contribution in [1.29, 1.82) is 0 Å². The average Bonchev–Trinajstić information content (AvgIpc) is 2.94. The zero-order chi connectivity index (χ0) is 32.3. The second-order valence-corrected chi connectivity index (χ2v) is 12.4. The number of halogens is 3. The fourth-order valence-corrected chi connectivity index (χ4v) is 4.97. The number of nitrogens with zero attached hydrogens (tertiary/aromatic N) is 1. The molecule has 0 saturated carbocycles. The van der Waals surface area contributed by atoms with E-state index < -0.39 is 11.7 Å². The van der Waals surface area contributed by atoms with Crippen molar-refractivity contribution in [3.8, 4) is 11.3 Å². The third-order valence-corrected chi connectivity index (χ3v) is 8.82. The van der Waals surface area contributed by atoms with Crippen molar-refractivity contribution in [1.82, 2.24) is 4.98 Å². The minimum absolute atomic E-state index is 0. The molecule has 0 bridgehead atoms. The number of aliphatic hydroxyl groups excluding tert-OH is 1. The average molecular weight is 783 g/mol. The van der Waals surface area contributed by atoms with Crippen LogP contribution in [0, 0.1) is 37.7 Å². The van der Waals surface area contributed by atoms with Gasteiger partial charge >= 0.3 is 6.18 Å². The molecule has 0 spiro atoms. The van der Waals surface area contributed by atoms with Gasteiger partial charge in [-0.25, -0.2) is 0 Å². The number of aryl methyl sites for hydroxylation is 3. The van der Waals surface area contributed by atoms with Crippen LogP contribution in [0.5, 0.6) is 0 Å². The van der Waals surface area contributed by atoms with Crippen molar-refractivity contribution in [2.24, 2.45) is 10.8 Å². The van der Waals surface area contributed by atoms with E-state index in [1.165, 1.54) is 19.1 Å². The third kappa shape index (κ3) is 8.17. The van der Waals surface area contributed by atoms with Gasteiger partial charge in [-0.15, -0.1) is 34.9 Å². The Balaban J connectivity index is 0.000000345. The number of allylic oxidation sites excluding steroid dienone is 2. The van der Waals surface area contributed by atoms with E-state index in [4.69, 9.17) is 0 Å². The molecule has 1 radical (unpaired) electrons. The summed E-state index contributed by atoms with van der Waals surface area (Å²) in [6.45, 7) is 17.3. The topological polar surface area (TPSA) is 50.2 Å². The van der Waals surface area contributed by atoms with Crippen LogP contribution in [0.15, 0.2) is 60.5 Å². The number of hydrogen-bond acceptors (Lipinski definition) is 3. The Morgan fingerprint density at radius 3 is 2.07 bits per heavy atom. The zero-order valence-electron chi connectivity index (χ0n) is 27.1. The monoisotopic (exact) mass is 783 g/mol. The molecule has 0 aliphatic rings. The van der Waals surface area contributed by atoms with Gasteiger partial charge in [-0.2, -0.15) is 13.2 Å². The van der Waals surface area contributed by atoms with E-state index in [-0.39, 0.29) is 48.0 Å². The van der Waals surface area contributed by atoms with Crippen molar-refractivity contribution >= 4 is 27.3 Å². The SMILES string of the molecule is CCC(C)(CC)C(=O)/C=C(\O)C(C)(C)CC.Cc1[c-]c(-c2nccc3c2ccc2cc(C)c(C(F)(F)F)cc23)cc(C)c1.[Ir]. The molecule has 0 atom stereocenters. The number of carbonyl (C=O) groups is 1. The van der Waals surface area contributed by atoms with E-state index in [1.54, 1.807) is 18.3 Å². The van der Waals surface area contributed by atoms with Gasteiger partial charge in [0.1, 0.15) is 5.76 Å². The molecule has 0 aliphatic carbocycles. The smallest absolute Gasteiger partial charge is 0.416 e. The number of benzene rings is 3. The van der Waals surface area contributed by atoms with Crippen LogP contribution < -0.4 is 0 Å². The van der Waals surface area contributed by atoms with E-state index >= 15 is 0 Å². The molecule has 3 aromatic carbocycles. The first-order valence-electron chi connectivity index (χ1n) is 14.8. The second kappa shape index (κ2) is 14.4. The van der Waals surface area contributed by atoms with Crippen LogP contribution in [-0.4, -0.2) is 15.9 Å². The molecule has 239 valence electrons. The van der Waals surface area contributed by atoms with E-state index in [2.05, 4.69) is 11.1 Å². The first-order chi connectivity index (χ1) is 20.0. The molecule has 44 heavy (non-hydrogen) atoms. The molecule has 7 heteroatoms. The van der Waals surface area contributed by atoms with Crippen LogP contribution in [0.25, 0.3) is 32.8 Å². The Labute approximate surface area is 273 Å². The van der Waals surface area contributed by atoms with Gasteiger partial charge in [0, 0.05) is 43.2 Å². The van der Waals surface area contributed by atoms with Gasteiger partial charge in [-0.05, 0) is 71.1 Å². The molecule has 4 rings (SSSR count). The molecule has 4 aromatic rings. The van der Waals surface area contributed by atoms with Crippen LogP contribution in [0.3, 0.4) is 0 Å². The van der Waals surface area contributed by atoms with Gasteiger partial charge in [0.25, 0.3) is 0 Å². The molecule has 3 nitrogen and oxygen atoms in total. The largest absolute Gasteiger partial charge is 0.512 e. The molecular weight excluding hydrogens is 740 g/mol. The Bertz CT molecular complexity index is 1650. The van der Waals surface area contributed by atoms with E-state index in [0.717, 1.165) is 57.8 Å². The number of aromatic nitrogens is 1. The van der Waals surface area contributed by atoms with Gasteiger partial charge < -0.3 is 10.1 Å².